The Morgan fingerprint density at radius 2 is 1.79 bits per heavy atom. The monoisotopic (exact) mass is 464 g/mol. The van der Waals surface area contributed by atoms with Gasteiger partial charge in [0.2, 0.25) is 5.91 Å². The van der Waals surface area contributed by atoms with Crippen LogP contribution in [0.15, 0.2) is 53.0 Å². The number of carbonyl (C=O) groups is 2. The minimum Gasteiger partial charge on any atom is -0.484 e. The molecule has 29 heavy (non-hydrogen) atoms. The van der Waals surface area contributed by atoms with Gasteiger partial charge in [0.05, 0.1) is 0 Å². The van der Waals surface area contributed by atoms with Crippen molar-refractivity contribution in [3.05, 3.63) is 64.4 Å². The highest BCUT2D eigenvalue weighted by molar-refractivity contribution is 9.10. The number of benzene rings is 2. The zero-order valence-electron chi connectivity index (χ0n) is 16.8. The van der Waals surface area contributed by atoms with E-state index in [-0.39, 0.29) is 25.1 Å². The molecule has 2 rings (SSSR count). The Morgan fingerprint density at radius 1 is 1.14 bits per heavy atom. The summed E-state index contributed by atoms with van der Waals surface area (Å²) in [7, 11) is 0. The van der Waals surface area contributed by atoms with Gasteiger partial charge in [0.25, 0.3) is 5.91 Å². The Labute approximate surface area is 179 Å². The standard InChI is InChI=1S/C22H26BrFN2O3/c1-4-15(2)25-22(28)16(3)26(13-17-7-5-6-8-20(17)24)21(27)14-29-19-11-9-18(23)10-12-19/h5-12,15-16H,4,13-14H2,1-3H3,(H,25,28)/t15-,16+/m1/s1. The van der Waals surface area contributed by atoms with Crippen LogP contribution >= 0.6 is 15.9 Å². The molecule has 0 aliphatic carbocycles. The Kier molecular flexibility index (Phi) is 8.64. The zero-order valence-corrected chi connectivity index (χ0v) is 18.4. The topological polar surface area (TPSA) is 58.6 Å². The van der Waals surface area contributed by atoms with Crippen LogP contribution in [0.3, 0.4) is 0 Å². The van der Waals surface area contributed by atoms with Crippen molar-refractivity contribution >= 4 is 27.7 Å². The van der Waals surface area contributed by atoms with Crippen LogP contribution in [0.4, 0.5) is 4.39 Å². The van der Waals surface area contributed by atoms with Crippen molar-refractivity contribution in [2.45, 2.75) is 45.8 Å². The molecule has 5 nitrogen and oxygen atoms in total. The molecule has 0 unspecified atom stereocenters. The lowest BCUT2D eigenvalue weighted by Crippen LogP contribution is -2.50. The SMILES string of the molecule is CC[C@@H](C)NC(=O)[C@H](C)N(Cc1ccccc1F)C(=O)COc1ccc(Br)cc1. The summed E-state index contributed by atoms with van der Waals surface area (Å²) in [5.74, 6) is -0.576. The maximum atomic E-state index is 14.2. The fourth-order valence-corrected chi connectivity index (χ4v) is 2.88. The first-order valence-electron chi connectivity index (χ1n) is 9.53. The number of nitrogens with zero attached hydrogens (tertiary/aromatic N) is 1. The van der Waals surface area contributed by atoms with E-state index in [2.05, 4.69) is 21.2 Å². The number of ether oxygens (including phenoxy) is 1. The fraction of sp³-hybridized carbons (Fsp3) is 0.364. The summed E-state index contributed by atoms with van der Waals surface area (Å²) in [6.45, 7) is 5.21. The second-order valence-electron chi connectivity index (χ2n) is 6.85. The lowest BCUT2D eigenvalue weighted by atomic mass is 10.1. The van der Waals surface area contributed by atoms with Crippen molar-refractivity contribution in [1.29, 1.82) is 0 Å². The summed E-state index contributed by atoms with van der Waals surface area (Å²) in [4.78, 5) is 26.8. The van der Waals surface area contributed by atoms with Crippen molar-refractivity contribution in [2.75, 3.05) is 6.61 Å². The molecule has 1 N–H and O–H groups in total. The van der Waals surface area contributed by atoms with Gasteiger partial charge in [-0.25, -0.2) is 4.39 Å². The molecule has 0 fully saturated rings. The highest BCUT2D eigenvalue weighted by Gasteiger charge is 2.27. The number of nitrogens with one attached hydrogen (secondary N) is 1. The van der Waals surface area contributed by atoms with Gasteiger partial charge in [-0.1, -0.05) is 41.1 Å². The van der Waals surface area contributed by atoms with Gasteiger partial charge in [0.15, 0.2) is 6.61 Å². The summed E-state index contributed by atoms with van der Waals surface area (Å²) in [5, 5.41) is 2.87. The van der Waals surface area contributed by atoms with E-state index in [0.717, 1.165) is 10.9 Å². The van der Waals surface area contributed by atoms with Crippen molar-refractivity contribution in [2.24, 2.45) is 0 Å². The number of halogens is 2. The highest BCUT2D eigenvalue weighted by atomic mass is 79.9. The quantitative estimate of drug-likeness (QED) is 0.601. The molecule has 0 aliphatic rings. The fourth-order valence-electron chi connectivity index (χ4n) is 2.62. The van der Waals surface area contributed by atoms with Crippen LogP contribution in [0, 0.1) is 5.82 Å². The van der Waals surface area contributed by atoms with E-state index >= 15 is 0 Å². The van der Waals surface area contributed by atoms with E-state index in [1.165, 1.54) is 11.0 Å². The zero-order chi connectivity index (χ0) is 21.4. The van der Waals surface area contributed by atoms with Crippen LogP contribution in [0.1, 0.15) is 32.8 Å². The minimum absolute atomic E-state index is 0.0191. The van der Waals surface area contributed by atoms with Crippen LogP contribution < -0.4 is 10.1 Å². The van der Waals surface area contributed by atoms with Crippen LogP contribution in [0.2, 0.25) is 0 Å². The molecule has 2 atom stereocenters. The predicted molar refractivity (Wildman–Crippen MR) is 114 cm³/mol. The average molecular weight is 465 g/mol. The third-order valence-electron chi connectivity index (χ3n) is 4.64. The van der Waals surface area contributed by atoms with Crippen LogP contribution in [0.5, 0.6) is 5.75 Å². The molecule has 156 valence electrons. The molecule has 0 aliphatic heterocycles. The summed E-state index contributed by atoms with van der Waals surface area (Å²) < 4.78 is 20.6. The van der Waals surface area contributed by atoms with Crippen molar-refractivity contribution < 1.29 is 18.7 Å². The Hall–Kier alpha value is -2.41. The number of hydrogen-bond donors (Lipinski definition) is 1. The van der Waals surface area contributed by atoms with Gasteiger partial charge in [-0.2, -0.15) is 0 Å². The van der Waals surface area contributed by atoms with E-state index in [4.69, 9.17) is 4.74 Å². The Bertz CT molecular complexity index is 829. The summed E-state index contributed by atoms with van der Waals surface area (Å²) in [6.07, 6.45) is 0.770. The molecule has 0 saturated heterocycles. The number of rotatable bonds is 9. The van der Waals surface area contributed by atoms with Gasteiger partial charge in [-0.3, -0.25) is 9.59 Å². The molecule has 0 saturated carbocycles. The third kappa shape index (κ3) is 6.85. The maximum Gasteiger partial charge on any atom is 0.261 e. The summed E-state index contributed by atoms with van der Waals surface area (Å²) >= 11 is 3.34. The predicted octanol–water partition coefficient (Wildman–Crippen LogP) is 4.30. The Morgan fingerprint density at radius 3 is 2.41 bits per heavy atom. The molecule has 2 aromatic rings. The summed E-state index contributed by atoms with van der Waals surface area (Å²) in [6, 6.07) is 12.5. The lowest BCUT2D eigenvalue weighted by Gasteiger charge is -2.29. The average Bonchev–Trinajstić information content (AvgIpc) is 2.71. The van der Waals surface area contributed by atoms with Gasteiger partial charge >= 0.3 is 0 Å². The maximum absolute atomic E-state index is 14.2. The largest absolute Gasteiger partial charge is 0.484 e. The molecule has 0 spiro atoms. The van der Waals surface area contributed by atoms with Gasteiger partial charge in [0, 0.05) is 22.6 Å². The molecular formula is C22H26BrFN2O3. The van der Waals surface area contributed by atoms with Crippen molar-refractivity contribution in [1.82, 2.24) is 10.2 Å². The van der Waals surface area contributed by atoms with E-state index in [9.17, 15) is 14.0 Å². The smallest absolute Gasteiger partial charge is 0.261 e. The first-order valence-corrected chi connectivity index (χ1v) is 10.3. The molecule has 0 radical (unpaired) electrons. The highest BCUT2D eigenvalue weighted by Crippen LogP contribution is 2.17. The second-order valence-corrected chi connectivity index (χ2v) is 7.77. The lowest BCUT2D eigenvalue weighted by molar-refractivity contribution is -0.142. The molecule has 2 amide bonds. The van der Waals surface area contributed by atoms with Crippen LogP contribution in [-0.4, -0.2) is 35.4 Å². The van der Waals surface area contributed by atoms with Gasteiger partial charge in [0.1, 0.15) is 17.6 Å². The molecule has 0 aromatic heterocycles. The number of carbonyl (C=O) groups excluding carboxylic acids is 2. The number of hydrogen-bond acceptors (Lipinski definition) is 3. The summed E-state index contributed by atoms with van der Waals surface area (Å²) in [5.41, 5.74) is 0.340. The molecule has 0 bridgehead atoms. The van der Waals surface area contributed by atoms with Crippen LogP contribution in [-0.2, 0) is 16.1 Å². The molecule has 7 heteroatoms. The van der Waals surface area contributed by atoms with E-state index < -0.39 is 17.8 Å². The minimum atomic E-state index is -0.773. The second kappa shape index (κ2) is 11.0. The molecule has 2 aromatic carbocycles. The van der Waals surface area contributed by atoms with E-state index in [1.807, 2.05) is 13.8 Å². The van der Waals surface area contributed by atoms with Gasteiger partial charge < -0.3 is 15.0 Å². The van der Waals surface area contributed by atoms with Crippen molar-refractivity contribution in [3.63, 3.8) is 0 Å². The molecular weight excluding hydrogens is 439 g/mol. The number of amides is 2. The van der Waals surface area contributed by atoms with Crippen LogP contribution in [0.25, 0.3) is 0 Å². The Balaban J connectivity index is 2.15. The van der Waals surface area contributed by atoms with Gasteiger partial charge in [-0.05, 0) is 50.6 Å². The van der Waals surface area contributed by atoms with Crippen molar-refractivity contribution in [3.8, 4) is 5.75 Å². The van der Waals surface area contributed by atoms with E-state index in [1.54, 1.807) is 49.4 Å². The van der Waals surface area contributed by atoms with Gasteiger partial charge in [-0.15, -0.1) is 0 Å². The third-order valence-corrected chi connectivity index (χ3v) is 5.17. The first-order chi connectivity index (χ1) is 13.8. The molecule has 0 heterocycles. The normalized spacial score (nSPS) is 12.7. The van der Waals surface area contributed by atoms with E-state index in [0.29, 0.717) is 11.3 Å². The first kappa shape index (κ1) is 22.9.